The average Bonchev–Trinajstić information content (AvgIpc) is 4.14. The van der Waals surface area contributed by atoms with E-state index >= 15 is 0 Å². The highest BCUT2D eigenvalue weighted by Gasteiger charge is 2.63. The smallest absolute Gasteiger partial charge is 0.407 e. The van der Waals surface area contributed by atoms with Gasteiger partial charge >= 0.3 is 6.09 Å². The van der Waals surface area contributed by atoms with Gasteiger partial charge in [0, 0.05) is 34.7 Å². The second kappa shape index (κ2) is 14.7. The van der Waals surface area contributed by atoms with Crippen LogP contribution in [0.3, 0.4) is 0 Å². The third-order valence-electron chi connectivity index (χ3n) is 12.9. The molecule has 15 nitrogen and oxygen atoms in total. The van der Waals surface area contributed by atoms with Crippen LogP contribution in [0.2, 0.25) is 0 Å². The van der Waals surface area contributed by atoms with E-state index in [1.54, 1.807) is 25.3 Å². The fourth-order valence-corrected chi connectivity index (χ4v) is 9.67. The van der Waals surface area contributed by atoms with Gasteiger partial charge in [-0.3, -0.25) is 19.1 Å². The summed E-state index contributed by atoms with van der Waals surface area (Å²) in [5, 5.41) is 7.17. The van der Waals surface area contributed by atoms with Crippen LogP contribution in [0.5, 0.6) is 17.4 Å². The fraction of sp³-hybridized carbons (Fsp3) is 0.634. The van der Waals surface area contributed by atoms with Gasteiger partial charge in [-0.1, -0.05) is 32.9 Å². The number of pyridine rings is 1. The molecule has 57 heavy (non-hydrogen) atoms. The highest BCUT2D eigenvalue weighted by atomic mass is 32.2. The maximum Gasteiger partial charge on any atom is 0.407 e. The van der Waals surface area contributed by atoms with Gasteiger partial charge in [0.25, 0.3) is 5.91 Å². The number of amides is 4. The first-order valence-corrected chi connectivity index (χ1v) is 21.7. The van der Waals surface area contributed by atoms with Gasteiger partial charge in [-0.25, -0.2) is 18.2 Å². The van der Waals surface area contributed by atoms with Crippen molar-refractivity contribution in [1.29, 1.82) is 0 Å². The number of carbonyl (C=O) groups is 4. The van der Waals surface area contributed by atoms with E-state index in [-0.39, 0.29) is 49.1 Å². The zero-order valence-corrected chi connectivity index (χ0v) is 33.8. The van der Waals surface area contributed by atoms with Gasteiger partial charge in [-0.05, 0) is 88.3 Å². The topological polar surface area (TPSA) is 192 Å². The first-order valence-electron chi connectivity index (χ1n) is 20.2. The van der Waals surface area contributed by atoms with E-state index in [0.29, 0.717) is 55.8 Å². The minimum atomic E-state index is -4.00. The maximum atomic E-state index is 14.9. The first kappa shape index (κ1) is 39.2. The van der Waals surface area contributed by atoms with Crippen LogP contribution >= 0.6 is 0 Å². The van der Waals surface area contributed by atoms with Crippen LogP contribution in [0.1, 0.15) is 85.5 Å². The Bertz CT molecular complexity index is 2100. The van der Waals surface area contributed by atoms with E-state index < -0.39 is 68.2 Å². The number of fused-ring (bicyclic) bond motifs is 5. The minimum absolute atomic E-state index is 0.0254. The SMILES string of the molecule is C[C@@H]1CC/C=C\[C@@H]2C[C@@]2(C(=O)NS(=O)(=O)C2(C)CC2)NC(=O)[C@@H]2C[C@@H](Oc3nccc4c5c(ccc34)OCCO5)CN2C(=O)[C@@H](NC(=O)OCC2(C)CC2)[C@H](C)C1. The fourth-order valence-electron chi connectivity index (χ4n) is 8.35. The Balaban J connectivity index is 1.11. The lowest BCUT2D eigenvalue weighted by Crippen LogP contribution is -2.59. The van der Waals surface area contributed by atoms with Crippen molar-refractivity contribution in [2.24, 2.45) is 23.2 Å². The van der Waals surface area contributed by atoms with Crippen molar-refractivity contribution in [3.63, 3.8) is 0 Å². The molecule has 3 saturated carbocycles. The molecule has 0 spiro atoms. The number of nitrogens with zero attached hydrogens (tertiary/aromatic N) is 2. The molecule has 7 atom stereocenters. The molecule has 0 radical (unpaired) electrons. The van der Waals surface area contributed by atoms with E-state index in [1.807, 2.05) is 32.1 Å². The van der Waals surface area contributed by atoms with Gasteiger partial charge in [-0.15, -0.1) is 0 Å². The van der Waals surface area contributed by atoms with Crippen molar-refractivity contribution < 1.29 is 46.5 Å². The summed E-state index contributed by atoms with van der Waals surface area (Å²) in [5.74, 6) is -1.06. The number of nitrogens with one attached hydrogen (secondary N) is 3. The van der Waals surface area contributed by atoms with Crippen molar-refractivity contribution in [2.45, 2.75) is 114 Å². The lowest BCUT2D eigenvalue weighted by Gasteiger charge is -2.32. The Morgan fingerprint density at radius 2 is 1.81 bits per heavy atom. The number of sulfonamides is 1. The van der Waals surface area contributed by atoms with Gasteiger partial charge in [0.2, 0.25) is 27.7 Å². The summed E-state index contributed by atoms with van der Waals surface area (Å²) in [6.07, 6.45) is 9.10. The van der Waals surface area contributed by atoms with Crippen LogP contribution in [0.25, 0.3) is 10.8 Å². The van der Waals surface area contributed by atoms with Gasteiger partial charge in [0.1, 0.15) is 36.9 Å². The summed E-state index contributed by atoms with van der Waals surface area (Å²) in [4.78, 5) is 62.6. The van der Waals surface area contributed by atoms with Gasteiger partial charge in [-0.2, -0.15) is 0 Å². The summed E-state index contributed by atoms with van der Waals surface area (Å²) in [7, 11) is -4.00. The van der Waals surface area contributed by atoms with Gasteiger partial charge in [0.05, 0.1) is 17.9 Å². The van der Waals surface area contributed by atoms with E-state index in [4.69, 9.17) is 18.9 Å². The quantitative estimate of drug-likeness (QED) is 0.325. The minimum Gasteiger partial charge on any atom is -0.486 e. The largest absolute Gasteiger partial charge is 0.486 e. The lowest BCUT2D eigenvalue weighted by atomic mass is 9.88. The van der Waals surface area contributed by atoms with Crippen LogP contribution in [-0.2, 0) is 29.1 Å². The average molecular weight is 808 g/mol. The lowest BCUT2D eigenvalue weighted by molar-refractivity contribution is -0.142. The molecule has 308 valence electrons. The third-order valence-corrected chi connectivity index (χ3v) is 15.0. The molecule has 8 rings (SSSR count). The van der Waals surface area contributed by atoms with Crippen LogP contribution in [-0.4, -0.2) is 97.0 Å². The second-order valence-corrected chi connectivity index (χ2v) is 20.0. The number of carbonyl (C=O) groups excluding carboxylic acids is 4. The van der Waals surface area contributed by atoms with Crippen molar-refractivity contribution in [1.82, 2.24) is 25.2 Å². The maximum absolute atomic E-state index is 14.9. The molecule has 0 unspecified atom stereocenters. The number of benzene rings is 1. The van der Waals surface area contributed by atoms with E-state index in [0.717, 1.165) is 24.6 Å². The third kappa shape index (κ3) is 7.85. The molecule has 4 fully saturated rings. The molecule has 4 heterocycles. The van der Waals surface area contributed by atoms with Crippen LogP contribution < -0.4 is 29.6 Å². The monoisotopic (exact) mass is 807 g/mol. The molecule has 1 saturated heterocycles. The molecule has 3 aliphatic heterocycles. The van der Waals surface area contributed by atoms with Crippen molar-refractivity contribution in [2.75, 3.05) is 26.4 Å². The molecule has 2 aromatic rings. The number of allylic oxidation sites excluding steroid dienone is 1. The zero-order valence-electron chi connectivity index (χ0n) is 33.0. The van der Waals surface area contributed by atoms with Crippen molar-refractivity contribution >= 4 is 44.6 Å². The van der Waals surface area contributed by atoms with E-state index in [9.17, 15) is 27.6 Å². The Hall–Kier alpha value is -4.60. The predicted octanol–water partition coefficient (Wildman–Crippen LogP) is 4.13. The number of hydrogen-bond donors (Lipinski definition) is 3. The van der Waals surface area contributed by atoms with Crippen molar-refractivity contribution in [3.05, 3.63) is 36.5 Å². The standard InChI is InChI=1S/C41H53N5O10S/c1-24-7-5-6-8-26-21-41(26,37(49)45-57(51,52)40(4)14-15-40)44-34(47)30-20-27(56-35-29-9-10-31-33(54-18-17-53-31)28(29)11-16-42-35)22-46(30)36(48)32(25(2)19-24)43-38(50)55-23-39(3)12-13-39/h6,8-11,16,24-27,30,32H,5,7,12-15,17-23H2,1-4H3,(H,43,50)(H,44,47)(H,45,49)/b8-6-/t24-,25-,26-,27-,30+,32+,41-/m1/s1. The van der Waals surface area contributed by atoms with Gasteiger partial charge < -0.3 is 34.5 Å². The predicted molar refractivity (Wildman–Crippen MR) is 208 cm³/mol. The van der Waals surface area contributed by atoms with Crippen LogP contribution in [0.15, 0.2) is 36.5 Å². The Labute approximate surface area is 333 Å². The van der Waals surface area contributed by atoms with Crippen molar-refractivity contribution in [3.8, 4) is 17.4 Å². The number of rotatable bonds is 8. The summed E-state index contributed by atoms with van der Waals surface area (Å²) >= 11 is 0. The zero-order chi connectivity index (χ0) is 40.3. The molecule has 1 aromatic carbocycles. The summed E-state index contributed by atoms with van der Waals surface area (Å²) in [5.41, 5.74) is -1.59. The highest BCUT2D eigenvalue weighted by Crippen LogP contribution is 2.48. The second-order valence-electron chi connectivity index (χ2n) is 17.8. The van der Waals surface area contributed by atoms with Gasteiger partial charge in [0.15, 0.2) is 11.5 Å². The number of alkyl carbamates (subject to hydrolysis) is 1. The normalized spacial score (nSPS) is 32.0. The van der Waals surface area contributed by atoms with Crippen LogP contribution in [0.4, 0.5) is 4.79 Å². The molecule has 4 amide bonds. The molecule has 16 heteroatoms. The molecule has 3 aliphatic carbocycles. The Morgan fingerprint density at radius 1 is 1.04 bits per heavy atom. The number of aromatic nitrogens is 1. The molecular weight excluding hydrogens is 755 g/mol. The first-order chi connectivity index (χ1) is 27.1. The number of hydrogen-bond acceptors (Lipinski definition) is 11. The van der Waals surface area contributed by atoms with E-state index in [2.05, 4.69) is 27.3 Å². The summed E-state index contributed by atoms with van der Waals surface area (Å²) in [6.45, 7) is 8.67. The summed E-state index contributed by atoms with van der Waals surface area (Å²) in [6, 6.07) is 3.26. The Morgan fingerprint density at radius 3 is 2.56 bits per heavy atom. The number of ether oxygens (including phenoxy) is 4. The van der Waals surface area contributed by atoms with E-state index in [1.165, 1.54) is 4.90 Å². The molecule has 3 N–H and O–H groups in total. The molecule has 1 aromatic heterocycles. The molecule has 6 aliphatic rings. The summed E-state index contributed by atoms with van der Waals surface area (Å²) < 4.78 is 51.5. The molecule has 0 bridgehead atoms. The Kier molecular flexibility index (Phi) is 10.1. The van der Waals surface area contributed by atoms with Crippen LogP contribution in [0, 0.1) is 23.2 Å². The molecular formula is C41H53N5O10S. The highest BCUT2D eigenvalue weighted by molar-refractivity contribution is 7.91.